The van der Waals surface area contributed by atoms with Gasteiger partial charge in [-0.15, -0.1) is 0 Å². The molecule has 1 atom stereocenters. The molecule has 226 valence electrons. The molecule has 4 rings (SSSR count). The number of hydrogen-bond donors (Lipinski definition) is 3. The van der Waals surface area contributed by atoms with Crippen LogP contribution in [0.1, 0.15) is 38.1 Å². The van der Waals surface area contributed by atoms with Crippen LogP contribution in [0.5, 0.6) is 5.75 Å². The van der Waals surface area contributed by atoms with Gasteiger partial charge >= 0.3 is 0 Å². The standard InChI is InChI=1S/C28H36N6O5.CH2O2/c1-19(2)14-24-28(37)30-9-12-33-11-8-29-27(33)21-6-4-7-22(16-21)38-13-5-10-34(18-25(35)31-24)26(36)17-23-15-20(3)32-39-23;2-1-3/h4,6-8,11,15-16,19,24H,5,9-10,12-14,17-18H2,1-3H3,(H,30,37)(H,31,35);1H,(H,2,3)/t24-;/m1./s1. The Morgan fingerprint density at radius 1 is 1.24 bits per heavy atom. The van der Waals surface area contributed by atoms with Gasteiger partial charge < -0.3 is 34.5 Å². The number of carbonyl (C=O) groups excluding carboxylic acids is 3. The van der Waals surface area contributed by atoms with Gasteiger partial charge in [0.15, 0.2) is 0 Å². The third kappa shape index (κ3) is 9.75. The van der Waals surface area contributed by atoms with Crippen LogP contribution in [0.25, 0.3) is 11.4 Å². The summed E-state index contributed by atoms with van der Waals surface area (Å²) in [5.74, 6) is 1.13. The molecule has 2 aromatic heterocycles. The van der Waals surface area contributed by atoms with Crippen LogP contribution in [0.2, 0.25) is 0 Å². The minimum absolute atomic E-state index is 0.0143. The fraction of sp³-hybridized carbons (Fsp3) is 0.448. The summed E-state index contributed by atoms with van der Waals surface area (Å²) in [7, 11) is 0. The van der Waals surface area contributed by atoms with Crippen molar-refractivity contribution in [1.29, 1.82) is 0 Å². The van der Waals surface area contributed by atoms with Gasteiger partial charge in [0, 0.05) is 43.7 Å². The number of ether oxygens (including phenoxy) is 1. The lowest BCUT2D eigenvalue weighted by Gasteiger charge is -2.25. The third-order valence-electron chi connectivity index (χ3n) is 6.35. The molecule has 3 amide bonds. The molecule has 3 N–H and O–H groups in total. The Balaban J connectivity index is 0.00000155. The summed E-state index contributed by atoms with van der Waals surface area (Å²) in [4.78, 5) is 53.6. The van der Waals surface area contributed by atoms with Crippen molar-refractivity contribution in [3.05, 3.63) is 54.2 Å². The Hall–Kier alpha value is -4.68. The fourth-order valence-corrected chi connectivity index (χ4v) is 4.51. The van der Waals surface area contributed by atoms with Crippen molar-refractivity contribution < 1.29 is 33.5 Å². The van der Waals surface area contributed by atoms with Gasteiger partial charge in [-0.05, 0) is 37.8 Å². The topological polar surface area (TPSA) is 169 Å². The number of carbonyl (C=O) groups is 4. The Labute approximate surface area is 244 Å². The number of benzene rings is 1. The molecule has 2 bridgehead atoms. The van der Waals surface area contributed by atoms with Crippen molar-refractivity contribution in [2.75, 3.05) is 26.2 Å². The molecular weight excluding hydrogens is 544 g/mol. The maximum Gasteiger partial charge on any atom is 0.290 e. The zero-order valence-corrected chi connectivity index (χ0v) is 24.1. The van der Waals surface area contributed by atoms with E-state index in [0.29, 0.717) is 56.3 Å². The van der Waals surface area contributed by atoms with Crippen LogP contribution in [0.4, 0.5) is 0 Å². The number of hydrogen-bond acceptors (Lipinski definition) is 8. The van der Waals surface area contributed by atoms with Crippen LogP contribution >= 0.6 is 0 Å². The van der Waals surface area contributed by atoms with Gasteiger partial charge in [0.05, 0.1) is 25.3 Å². The maximum atomic E-state index is 13.1. The second kappa shape index (κ2) is 15.9. The molecule has 3 aromatic rings. The Morgan fingerprint density at radius 2 is 2.02 bits per heavy atom. The summed E-state index contributed by atoms with van der Waals surface area (Å²) in [6.45, 7) is 6.86. The van der Waals surface area contributed by atoms with Gasteiger partial charge in [-0.1, -0.05) is 31.1 Å². The second-order valence-electron chi connectivity index (χ2n) is 10.2. The lowest BCUT2D eigenvalue weighted by Crippen LogP contribution is -2.51. The Kier molecular flexibility index (Phi) is 12.1. The summed E-state index contributed by atoms with van der Waals surface area (Å²) in [5, 5.41) is 16.5. The molecule has 1 aromatic carbocycles. The average molecular weight is 583 g/mol. The van der Waals surface area contributed by atoms with Crippen LogP contribution in [-0.2, 0) is 32.1 Å². The van der Waals surface area contributed by atoms with Crippen LogP contribution < -0.4 is 15.4 Å². The monoisotopic (exact) mass is 582 g/mol. The van der Waals surface area contributed by atoms with E-state index in [1.807, 2.05) is 48.9 Å². The summed E-state index contributed by atoms with van der Waals surface area (Å²) in [5.41, 5.74) is 1.57. The van der Waals surface area contributed by atoms with Crippen LogP contribution in [-0.4, -0.2) is 81.2 Å². The summed E-state index contributed by atoms with van der Waals surface area (Å²) in [6.07, 6.45) is 4.55. The number of fused-ring (bicyclic) bond motifs is 4. The minimum atomic E-state index is -0.715. The van der Waals surface area contributed by atoms with Gasteiger partial charge in [0.1, 0.15) is 23.4 Å². The molecule has 0 saturated carbocycles. The molecule has 1 aliphatic heterocycles. The minimum Gasteiger partial charge on any atom is -0.494 e. The first-order valence-electron chi connectivity index (χ1n) is 13.8. The second-order valence-corrected chi connectivity index (χ2v) is 10.2. The van der Waals surface area contributed by atoms with E-state index in [2.05, 4.69) is 20.8 Å². The number of amides is 3. The first kappa shape index (κ1) is 31.8. The first-order chi connectivity index (χ1) is 20.2. The molecule has 0 aliphatic carbocycles. The number of aryl methyl sites for hydroxylation is 1. The first-order valence-corrected chi connectivity index (χ1v) is 13.8. The fourth-order valence-electron chi connectivity index (χ4n) is 4.51. The Bertz CT molecular complexity index is 1340. The van der Waals surface area contributed by atoms with Gasteiger partial charge in [-0.2, -0.15) is 0 Å². The molecule has 0 radical (unpaired) electrons. The molecule has 42 heavy (non-hydrogen) atoms. The molecule has 13 heteroatoms. The lowest BCUT2D eigenvalue weighted by molar-refractivity contribution is -0.137. The maximum absolute atomic E-state index is 13.1. The molecule has 3 heterocycles. The lowest BCUT2D eigenvalue weighted by atomic mass is 10.0. The molecule has 0 saturated heterocycles. The predicted octanol–water partition coefficient (Wildman–Crippen LogP) is 2.05. The number of carboxylic acid groups (broad SMARTS) is 1. The summed E-state index contributed by atoms with van der Waals surface area (Å²) in [6, 6.07) is 8.63. The van der Waals surface area contributed by atoms with E-state index in [0.717, 1.165) is 11.4 Å². The van der Waals surface area contributed by atoms with Crippen molar-refractivity contribution >= 4 is 24.2 Å². The van der Waals surface area contributed by atoms with Gasteiger partial charge in [0.2, 0.25) is 17.7 Å². The largest absolute Gasteiger partial charge is 0.494 e. The van der Waals surface area contributed by atoms with Crippen molar-refractivity contribution in [2.24, 2.45) is 5.92 Å². The molecule has 0 spiro atoms. The SMILES string of the molecule is Cc1cc(CC(=O)N2CCCOc3cccc(c3)-c3nccn3CCNC(=O)[C@@H](CC(C)C)NC(=O)C2)on1.O=CO. The van der Waals surface area contributed by atoms with E-state index >= 15 is 0 Å². The number of aromatic nitrogens is 3. The van der Waals surface area contributed by atoms with Crippen LogP contribution in [0.15, 0.2) is 47.2 Å². The highest BCUT2D eigenvalue weighted by atomic mass is 16.5. The van der Waals surface area contributed by atoms with Crippen LogP contribution in [0.3, 0.4) is 0 Å². The summed E-state index contributed by atoms with van der Waals surface area (Å²) < 4.78 is 13.1. The zero-order valence-electron chi connectivity index (χ0n) is 24.1. The van der Waals surface area contributed by atoms with Gasteiger partial charge in [-0.3, -0.25) is 19.2 Å². The van der Waals surface area contributed by atoms with E-state index in [9.17, 15) is 14.4 Å². The number of imidazole rings is 1. The quantitative estimate of drug-likeness (QED) is 0.390. The van der Waals surface area contributed by atoms with E-state index in [4.69, 9.17) is 19.2 Å². The normalized spacial score (nSPS) is 16.5. The average Bonchev–Trinajstić information content (AvgIpc) is 3.58. The number of nitrogens with zero attached hydrogens (tertiary/aromatic N) is 4. The van der Waals surface area contributed by atoms with E-state index < -0.39 is 11.9 Å². The molecular formula is C29H38N6O7. The highest BCUT2D eigenvalue weighted by molar-refractivity contribution is 5.90. The van der Waals surface area contributed by atoms with Crippen molar-refractivity contribution in [3.8, 4) is 17.1 Å². The van der Waals surface area contributed by atoms with Gasteiger partial charge in [0.25, 0.3) is 6.47 Å². The summed E-state index contributed by atoms with van der Waals surface area (Å²) >= 11 is 0. The van der Waals surface area contributed by atoms with Crippen molar-refractivity contribution in [3.63, 3.8) is 0 Å². The highest BCUT2D eigenvalue weighted by Crippen LogP contribution is 2.23. The van der Waals surface area contributed by atoms with Crippen molar-refractivity contribution in [1.82, 2.24) is 30.2 Å². The van der Waals surface area contributed by atoms with Gasteiger partial charge in [-0.25, -0.2) is 4.98 Å². The molecule has 1 aliphatic rings. The molecule has 0 fully saturated rings. The van der Waals surface area contributed by atoms with E-state index in [-0.39, 0.29) is 37.2 Å². The highest BCUT2D eigenvalue weighted by Gasteiger charge is 2.25. The zero-order chi connectivity index (χ0) is 30.5. The van der Waals surface area contributed by atoms with E-state index in [1.165, 1.54) is 4.90 Å². The third-order valence-corrected chi connectivity index (χ3v) is 6.35. The molecule has 13 nitrogen and oxygen atoms in total. The molecule has 0 unspecified atom stereocenters. The van der Waals surface area contributed by atoms with Crippen molar-refractivity contribution in [2.45, 2.75) is 52.6 Å². The number of nitrogens with one attached hydrogen (secondary N) is 2. The smallest absolute Gasteiger partial charge is 0.290 e. The van der Waals surface area contributed by atoms with E-state index in [1.54, 1.807) is 19.2 Å². The predicted molar refractivity (Wildman–Crippen MR) is 152 cm³/mol. The Morgan fingerprint density at radius 3 is 2.74 bits per heavy atom. The number of rotatable bonds is 4. The van der Waals surface area contributed by atoms with Crippen LogP contribution in [0, 0.1) is 12.8 Å².